The zero-order valence-electron chi connectivity index (χ0n) is 14.9. The van der Waals surface area contributed by atoms with E-state index in [2.05, 4.69) is 0 Å². The zero-order chi connectivity index (χ0) is 19.3. The van der Waals surface area contributed by atoms with Crippen molar-refractivity contribution in [3.63, 3.8) is 0 Å². The van der Waals surface area contributed by atoms with E-state index in [4.69, 9.17) is 18.9 Å². The van der Waals surface area contributed by atoms with Crippen LogP contribution in [0.3, 0.4) is 0 Å². The molecule has 0 atom stereocenters. The maximum atomic E-state index is 12.4. The van der Waals surface area contributed by atoms with E-state index >= 15 is 0 Å². The zero-order valence-corrected chi connectivity index (χ0v) is 15.7. The molecule has 0 radical (unpaired) electrons. The molecule has 2 amide bonds. The van der Waals surface area contributed by atoms with Crippen molar-refractivity contribution in [2.75, 3.05) is 34.5 Å². The van der Waals surface area contributed by atoms with Crippen LogP contribution < -0.4 is 14.2 Å². The van der Waals surface area contributed by atoms with E-state index in [1.165, 1.54) is 27.4 Å². The minimum Gasteiger partial charge on any atom is -0.493 e. The van der Waals surface area contributed by atoms with Crippen LogP contribution in [-0.4, -0.2) is 56.5 Å². The highest BCUT2D eigenvalue weighted by Gasteiger charge is 2.37. The Morgan fingerprint density at radius 2 is 1.81 bits per heavy atom. The molecule has 1 aliphatic rings. The predicted molar refractivity (Wildman–Crippen MR) is 95.4 cm³/mol. The van der Waals surface area contributed by atoms with Gasteiger partial charge in [0.1, 0.15) is 6.54 Å². The quantitative estimate of drug-likeness (QED) is 0.525. The fourth-order valence-corrected chi connectivity index (χ4v) is 3.18. The first-order chi connectivity index (χ1) is 12.5. The van der Waals surface area contributed by atoms with Crippen molar-refractivity contribution in [1.29, 1.82) is 0 Å². The van der Waals surface area contributed by atoms with Crippen LogP contribution in [0.2, 0.25) is 0 Å². The molecule has 0 N–H and O–H groups in total. The summed E-state index contributed by atoms with van der Waals surface area (Å²) < 4.78 is 20.7. The van der Waals surface area contributed by atoms with Crippen molar-refractivity contribution in [1.82, 2.24) is 4.90 Å². The highest BCUT2D eigenvalue weighted by atomic mass is 32.2. The summed E-state index contributed by atoms with van der Waals surface area (Å²) in [5.74, 6) is 0.0000904. The Kier molecular flexibility index (Phi) is 6.51. The molecule has 1 aromatic carbocycles. The lowest BCUT2D eigenvalue weighted by Gasteiger charge is -2.14. The number of amides is 2. The number of carbonyl (C=O) groups is 3. The first-order valence-electron chi connectivity index (χ1n) is 7.66. The van der Waals surface area contributed by atoms with Gasteiger partial charge < -0.3 is 18.9 Å². The largest absolute Gasteiger partial charge is 0.493 e. The minimum absolute atomic E-state index is 0.171. The summed E-state index contributed by atoms with van der Waals surface area (Å²) in [5.41, 5.74) is 0.534. The van der Waals surface area contributed by atoms with E-state index in [-0.39, 0.29) is 11.5 Å². The van der Waals surface area contributed by atoms with Crippen molar-refractivity contribution in [3.05, 3.63) is 22.6 Å². The van der Waals surface area contributed by atoms with Crippen LogP contribution in [0.15, 0.2) is 17.0 Å². The Hall–Kier alpha value is -2.68. The Bertz CT molecular complexity index is 760. The normalized spacial score (nSPS) is 15.4. The highest BCUT2D eigenvalue weighted by Crippen LogP contribution is 2.42. The molecule has 1 aliphatic heterocycles. The van der Waals surface area contributed by atoms with Gasteiger partial charge in [0, 0.05) is 5.56 Å². The van der Waals surface area contributed by atoms with Crippen molar-refractivity contribution in [2.45, 2.75) is 6.92 Å². The summed E-state index contributed by atoms with van der Waals surface area (Å²) in [7, 11) is 4.43. The fourth-order valence-electron chi connectivity index (χ4n) is 2.35. The number of methoxy groups -OCH3 is 3. The van der Waals surface area contributed by atoms with Crippen LogP contribution in [-0.2, 0) is 14.3 Å². The molecule has 9 heteroatoms. The van der Waals surface area contributed by atoms with Gasteiger partial charge in [-0.2, -0.15) is 0 Å². The predicted octanol–water partition coefficient (Wildman–Crippen LogP) is 2.31. The van der Waals surface area contributed by atoms with E-state index in [1.807, 2.05) is 0 Å². The Morgan fingerprint density at radius 3 is 2.38 bits per heavy atom. The maximum Gasteiger partial charge on any atom is 0.326 e. The average Bonchev–Trinajstić information content (AvgIpc) is 2.88. The number of thioether (sulfide) groups is 1. The van der Waals surface area contributed by atoms with Crippen LogP contribution in [0.4, 0.5) is 4.79 Å². The van der Waals surface area contributed by atoms with Crippen LogP contribution in [0, 0.1) is 0 Å². The van der Waals surface area contributed by atoms with Crippen LogP contribution >= 0.6 is 11.8 Å². The third-order valence-electron chi connectivity index (χ3n) is 3.49. The van der Waals surface area contributed by atoms with Gasteiger partial charge in [0.05, 0.1) is 32.8 Å². The molecule has 1 heterocycles. The summed E-state index contributed by atoms with van der Waals surface area (Å²) in [6.07, 6.45) is 1.51. The molecule has 0 unspecified atom stereocenters. The molecule has 1 fully saturated rings. The van der Waals surface area contributed by atoms with Gasteiger partial charge in [-0.05, 0) is 36.9 Å². The van der Waals surface area contributed by atoms with Crippen molar-refractivity contribution in [2.24, 2.45) is 0 Å². The summed E-state index contributed by atoms with van der Waals surface area (Å²) in [6.45, 7) is 1.40. The third-order valence-corrected chi connectivity index (χ3v) is 4.39. The summed E-state index contributed by atoms with van der Waals surface area (Å²) in [6, 6.07) is 3.34. The smallest absolute Gasteiger partial charge is 0.326 e. The fraction of sp³-hybridized carbons (Fsp3) is 0.353. The molecule has 1 aromatic rings. The van der Waals surface area contributed by atoms with Gasteiger partial charge in [0.15, 0.2) is 11.5 Å². The Morgan fingerprint density at radius 1 is 1.12 bits per heavy atom. The first-order valence-corrected chi connectivity index (χ1v) is 8.48. The Labute approximate surface area is 155 Å². The molecular formula is C17H19NO7S. The topological polar surface area (TPSA) is 91.4 Å². The number of hydrogen-bond donors (Lipinski definition) is 0. The standard InChI is InChI=1S/C17H19NO7S/c1-5-25-13(19)9-18-16(20)12(26-17(18)21)8-10-6-7-11(22-2)15(24-4)14(10)23-3/h6-8H,5,9H2,1-4H3/b12-8+. The lowest BCUT2D eigenvalue weighted by atomic mass is 10.1. The molecular weight excluding hydrogens is 362 g/mol. The number of nitrogens with zero attached hydrogens (tertiary/aromatic N) is 1. The average molecular weight is 381 g/mol. The van der Waals surface area contributed by atoms with Gasteiger partial charge in [0.2, 0.25) is 5.75 Å². The van der Waals surface area contributed by atoms with Gasteiger partial charge in [-0.1, -0.05) is 0 Å². The third kappa shape index (κ3) is 3.93. The van der Waals surface area contributed by atoms with Crippen LogP contribution in [0.1, 0.15) is 12.5 Å². The molecule has 1 saturated heterocycles. The highest BCUT2D eigenvalue weighted by molar-refractivity contribution is 8.18. The summed E-state index contributed by atoms with van der Waals surface area (Å²) in [4.78, 5) is 37.1. The van der Waals surface area contributed by atoms with Gasteiger partial charge in [0.25, 0.3) is 11.1 Å². The van der Waals surface area contributed by atoms with Gasteiger partial charge in [-0.25, -0.2) is 0 Å². The molecule has 8 nitrogen and oxygen atoms in total. The second-order valence-electron chi connectivity index (χ2n) is 5.00. The molecule has 0 aliphatic carbocycles. The summed E-state index contributed by atoms with van der Waals surface area (Å²) in [5, 5.41) is -0.534. The SMILES string of the molecule is CCOC(=O)CN1C(=O)S/C(=C/c2ccc(OC)c(OC)c2OC)C1=O. The molecule has 26 heavy (non-hydrogen) atoms. The molecule has 140 valence electrons. The summed E-state index contributed by atoms with van der Waals surface area (Å²) >= 11 is 0.742. The molecule has 0 aromatic heterocycles. The number of hydrogen-bond acceptors (Lipinski definition) is 8. The Balaban J connectivity index is 2.34. The lowest BCUT2D eigenvalue weighted by Crippen LogP contribution is -2.34. The number of rotatable bonds is 7. The molecule has 0 bridgehead atoms. The molecule has 0 spiro atoms. The van der Waals surface area contributed by atoms with E-state index in [9.17, 15) is 14.4 Å². The number of benzene rings is 1. The number of carbonyl (C=O) groups excluding carboxylic acids is 3. The lowest BCUT2D eigenvalue weighted by molar-refractivity contribution is -0.145. The number of imide groups is 1. The van der Waals surface area contributed by atoms with Gasteiger partial charge in [-0.3, -0.25) is 19.3 Å². The second-order valence-corrected chi connectivity index (χ2v) is 5.99. The minimum atomic E-state index is -0.639. The number of esters is 1. The molecule has 2 rings (SSSR count). The van der Waals surface area contributed by atoms with E-state index in [0.717, 1.165) is 16.7 Å². The van der Waals surface area contributed by atoms with Gasteiger partial charge >= 0.3 is 5.97 Å². The van der Waals surface area contributed by atoms with E-state index < -0.39 is 23.7 Å². The monoisotopic (exact) mass is 381 g/mol. The maximum absolute atomic E-state index is 12.4. The van der Waals surface area contributed by atoms with Crippen molar-refractivity contribution >= 4 is 35.0 Å². The van der Waals surface area contributed by atoms with E-state index in [1.54, 1.807) is 19.1 Å². The van der Waals surface area contributed by atoms with Crippen LogP contribution in [0.5, 0.6) is 17.2 Å². The van der Waals surface area contributed by atoms with Gasteiger partial charge in [-0.15, -0.1) is 0 Å². The number of ether oxygens (including phenoxy) is 4. The van der Waals surface area contributed by atoms with Crippen LogP contribution in [0.25, 0.3) is 6.08 Å². The molecule has 0 saturated carbocycles. The van der Waals surface area contributed by atoms with Crippen molar-refractivity contribution in [3.8, 4) is 17.2 Å². The van der Waals surface area contributed by atoms with E-state index in [0.29, 0.717) is 22.8 Å². The first kappa shape index (κ1) is 19.6. The second kappa shape index (κ2) is 8.61. The van der Waals surface area contributed by atoms with Crippen molar-refractivity contribution < 1.29 is 33.3 Å².